The normalized spacial score (nSPS) is 23.1. The number of phosphoric acid groups is 1. The van der Waals surface area contributed by atoms with Crippen LogP contribution in [0.4, 0.5) is 26.3 Å². The molecule has 0 radical (unpaired) electrons. The van der Waals surface area contributed by atoms with E-state index >= 15 is 0 Å². The van der Waals surface area contributed by atoms with E-state index in [0.29, 0.717) is 4.57 Å². The average Bonchev–Trinajstić information content (AvgIpc) is 3.03. The van der Waals surface area contributed by atoms with Crippen LogP contribution >= 0.6 is 7.82 Å². The molecular weight excluding hydrogens is 501 g/mol. The first-order valence-corrected chi connectivity index (χ1v) is 9.93. The lowest BCUT2D eigenvalue weighted by molar-refractivity contribution is -0.207. The van der Waals surface area contributed by atoms with Crippen LogP contribution in [-0.2, 0) is 32.7 Å². The Hall–Kier alpha value is -2.69. The highest BCUT2D eigenvalue weighted by atomic mass is 31.2. The number of hydrogen-bond donors (Lipinski definition) is 2. The first-order valence-electron chi connectivity index (χ1n) is 8.44. The molecule has 0 amide bonds. The standard InChI is InChI=1S/C14H13F6N2O10P/c1-5-3-22(12(26)21-9(5)23)8-2-6(31-10(24)13(15,16)17)7(30-8)4-29-33(27,28)32-11(25)14(18,19)20/h3,6-8H,2,4H2,1H3,(H,27,28)(H,21,23,26). The highest BCUT2D eigenvalue weighted by molar-refractivity contribution is 7.48. The van der Waals surface area contributed by atoms with E-state index in [9.17, 15) is 55.0 Å². The number of nitrogens with zero attached hydrogens (tertiary/aromatic N) is 1. The van der Waals surface area contributed by atoms with Gasteiger partial charge in [0.1, 0.15) is 18.4 Å². The van der Waals surface area contributed by atoms with E-state index in [2.05, 4.69) is 13.8 Å². The molecule has 186 valence electrons. The molecule has 0 spiro atoms. The summed E-state index contributed by atoms with van der Waals surface area (Å²) in [4.78, 5) is 56.4. The maximum atomic E-state index is 12.6. The lowest BCUT2D eigenvalue weighted by Crippen LogP contribution is -2.36. The van der Waals surface area contributed by atoms with Gasteiger partial charge in [-0.3, -0.25) is 23.8 Å². The van der Waals surface area contributed by atoms with Crippen molar-refractivity contribution in [1.82, 2.24) is 9.55 Å². The third kappa shape index (κ3) is 6.89. The topological polar surface area (TPSA) is 163 Å². The van der Waals surface area contributed by atoms with Crippen LogP contribution in [0, 0.1) is 6.92 Å². The van der Waals surface area contributed by atoms with Crippen LogP contribution in [0.1, 0.15) is 18.2 Å². The number of carbonyl (C=O) groups is 2. The number of phosphoric ester groups is 1. The minimum absolute atomic E-state index is 0.0272. The highest BCUT2D eigenvalue weighted by Gasteiger charge is 2.49. The number of rotatable bonds is 6. The summed E-state index contributed by atoms with van der Waals surface area (Å²) in [5.41, 5.74) is -1.90. The molecule has 0 bridgehead atoms. The van der Waals surface area contributed by atoms with Gasteiger partial charge in [0.05, 0.1) is 6.61 Å². The fraction of sp³-hybridized carbons (Fsp3) is 0.571. The number of hydrogen-bond acceptors (Lipinski definition) is 9. The molecule has 12 nitrogen and oxygen atoms in total. The number of nitrogens with one attached hydrogen (secondary N) is 1. The van der Waals surface area contributed by atoms with Gasteiger partial charge in [-0.05, 0) is 6.92 Å². The molecule has 1 aliphatic rings. The van der Waals surface area contributed by atoms with Crippen LogP contribution in [0.15, 0.2) is 15.8 Å². The predicted molar refractivity (Wildman–Crippen MR) is 88.4 cm³/mol. The second kappa shape index (κ2) is 9.28. The molecule has 0 aliphatic carbocycles. The number of aromatic amines is 1. The van der Waals surface area contributed by atoms with Gasteiger partial charge < -0.3 is 14.0 Å². The van der Waals surface area contributed by atoms with Crippen LogP contribution < -0.4 is 11.2 Å². The summed E-state index contributed by atoms with van der Waals surface area (Å²) in [5.74, 6) is -5.80. The zero-order valence-corrected chi connectivity index (χ0v) is 16.9. The smallest absolute Gasteiger partial charge is 0.453 e. The Morgan fingerprint density at radius 3 is 2.33 bits per heavy atom. The zero-order valence-electron chi connectivity index (χ0n) is 16.0. The number of aryl methyl sites for hydroxylation is 1. The number of H-pyrrole nitrogens is 1. The van der Waals surface area contributed by atoms with Gasteiger partial charge in [-0.15, -0.1) is 0 Å². The van der Waals surface area contributed by atoms with Crippen LogP contribution in [0.3, 0.4) is 0 Å². The van der Waals surface area contributed by atoms with Gasteiger partial charge in [-0.2, -0.15) is 26.3 Å². The molecular formula is C14H13F6N2O10P. The van der Waals surface area contributed by atoms with Crippen molar-refractivity contribution < 1.29 is 63.9 Å². The molecule has 0 aromatic carbocycles. The third-order valence-corrected chi connectivity index (χ3v) is 4.83. The maximum absolute atomic E-state index is 12.6. The Kier molecular flexibility index (Phi) is 7.47. The highest BCUT2D eigenvalue weighted by Crippen LogP contribution is 2.46. The number of halogens is 6. The van der Waals surface area contributed by atoms with E-state index in [1.807, 2.05) is 4.98 Å². The number of aromatic nitrogens is 2. The molecule has 1 fully saturated rings. The van der Waals surface area contributed by atoms with Crippen molar-refractivity contribution in [2.75, 3.05) is 6.61 Å². The van der Waals surface area contributed by atoms with Gasteiger partial charge in [0.25, 0.3) is 5.56 Å². The zero-order chi connectivity index (χ0) is 25.4. The Morgan fingerprint density at radius 2 is 1.79 bits per heavy atom. The van der Waals surface area contributed by atoms with Gasteiger partial charge in [-0.1, -0.05) is 0 Å². The summed E-state index contributed by atoms with van der Waals surface area (Å²) >= 11 is 0. The summed E-state index contributed by atoms with van der Waals surface area (Å²) in [6.07, 6.45) is -16.1. The van der Waals surface area contributed by atoms with Crippen molar-refractivity contribution in [1.29, 1.82) is 0 Å². The quantitative estimate of drug-likeness (QED) is 0.316. The number of ether oxygens (including phenoxy) is 2. The van der Waals surface area contributed by atoms with Crippen LogP contribution in [-0.4, -0.2) is 57.6 Å². The molecule has 1 aromatic rings. The lowest BCUT2D eigenvalue weighted by Gasteiger charge is -2.20. The fourth-order valence-corrected chi connectivity index (χ4v) is 3.20. The fourth-order valence-electron chi connectivity index (χ4n) is 2.50. The minimum atomic E-state index is -5.73. The van der Waals surface area contributed by atoms with Gasteiger partial charge in [0, 0.05) is 18.2 Å². The molecule has 1 saturated heterocycles. The number of carbonyl (C=O) groups excluding carboxylic acids is 2. The van der Waals surface area contributed by atoms with Crippen LogP contribution in [0.25, 0.3) is 0 Å². The molecule has 4 atom stereocenters. The molecule has 33 heavy (non-hydrogen) atoms. The molecule has 0 saturated carbocycles. The first kappa shape index (κ1) is 26.6. The maximum Gasteiger partial charge on any atom is 0.529 e. The Balaban J connectivity index is 2.23. The SMILES string of the molecule is Cc1cn(C2CC(OC(=O)C(F)(F)F)C(COP(=O)(O)OC(=O)C(F)(F)F)O2)c(=O)[nH]c1=O. The van der Waals surface area contributed by atoms with Crippen molar-refractivity contribution in [3.63, 3.8) is 0 Å². The van der Waals surface area contributed by atoms with Gasteiger partial charge in [-0.25, -0.2) is 18.9 Å². The molecule has 1 aliphatic heterocycles. The first-order chi connectivity index (χ1) is 14.9. The average molecular weight is 514 g/mol. The minimum Gasteiger partial charge on any atom is -0.453 e. The number of esters is 1. The molecule has 2 heterocycles. The van der Waals surface area contributed by atoms with Gasteiger partial charge in [0.15, 0.2) is 0 Å². The van der Waals surface area contributed by atoms with E-state index in [-0.39, 0.29) is 5.56 Å². The third-order valence-electron chi connectivity index (χ3n) is 3.96. The summed E-state index contributed by atoms with van der Waals surface area (Å²) in [5, 5.41) is 0. The van der Waals surface area contributed by atoms with Gasteiger partial charge >= 0.3 is 37.8 Å². The van der Waals surface area contributed by atoms with E-state index in [1.165, 1.54) is 6.92 Å². The molecule has 4 unspecified atom stereocenters. The largest absolute Gasteiger partial charge is 0.529 e. The lowest BCUT2D eigenvalue weighted by atomic mass is 10.2. The van der Waals surface area contributed by atoms with Crippen LogP contribution in [0.5, 0.6) is 0 Å². The second-order valence-corrected chi connectivity index (χ2v) is 7.80. The van der Waals surface area contributed by atoms with E-state index in [1.54, 1.807) is 0 Å². The monoisotopic (exact) mass is 514 g/mol. The van der Waals surface area contributed by atoms with E-state index < -0.39 is 74.8 Å². The van der Waals surface area contributed by atoms with Crippen molar-refractivity contribution in [2.45, 2.75) is 44.1 Å². The number of alkyl halides is 6. The Labute approximate surface area is 177 Å². The Bertz CT molecular complexity index is 1080. The second-order valence-electron chi connectivity index (χ2n) is 6.43. The summed E-state index contributed by atoms with van der Waals surface area (Å²) in [7, 11) is -5.73. The van der Waals surface area contributed by atoms with Crippen molar-refractivity contribution in [3.05, 3.63) is 32.6 Å². The van der Waals surface area contributed by atoms with Gasteiger partial charge in [0.2, 0.25) is 0 Å². The van der Waals surface area contributed by atoms with Crippen molar-refractivity contribution >= 4 is 19.8 Å². The molecule has 1 aromatic heterocycles. The predicted octanol–water partition coefficient (Wildman–Crippen LogP) is 0.829. The van der Waals surface area contributed by atoms with Crippen molar-refractivity contribution in [3.8, 4) is 0 Å². The molecule has 2 N–H and O–H groups in total. The van der Waals surface area contributed by atoms with Crippen molar-refractivity contribution in [2.24, 2.45) is 0 Å². The summed E-state index contributed by atoms with van der Waals surface area (Å²) < 4.78 is 103. The summed E-state index contributed by atoms with van der Waals surface area (Å²) in [6.45, 7) is -0.0369. The van der Waals surface area contributed by atoms with E-state index in [0.717, 1.165) is 6.20 Å². The summed E-state index contributed by atoms with van der Waals surface area (Å²) in [6, 6.07) is 0. The molecule has 2 rings (SSSR count). The van der Waals surface area contributed by atoms with Crippen LogP contribution in [0.2, 0.25) is 0 Å². The van der Waals surface area contributed by atoms with E-state index in [4.69, 9.17) is 4.74 Å². The Morgan fingerprint density at radius 1 is 1.21 bits per heavy atom. The molecule has 19 heteroatoms.